The maximum atomic E-state index is 12.9. The molecule has 3 aliphatic rings. The van der Waals surface area contributed by atoms with E-state index in [2.05, 4.69) is 33.7 Å². The minimum atomic E-state index is 0.0847. The van der Waals surface area contributed by atoms with E-state index in [9.17, 15) is 9.59 Å². The molecule has 2 N–H and O–H groups in total. The molecular formula is C25H36N4O4. The van der Waals surface area contributed by atoms with Crippen LogP contribution in [0.2, 0.25) is 0 Å². The fourth-order valence-corrected chi connectivity index (χ4v) is 4.88. The van der Waals surface area contributed by atoms with E-state index in [4.69, 9.17) is 9.47 Å². The van der Waals surface area contributed by atoms with Crippen molar-refractivity contribution in [2.24, 2.45) is 11.8 Å². The molecule has 0 aliphatic carbocycles. The Balaban J connectivity index is 1.48. The van der Waals surface area contributed by atoms with Crippen molar-refractivity contribution < 1.29 is 19.1 Å². The van der Waals surface area contributed by atoms with E-state index in [1.165, 1.54) is 0 Å². The van der Waals surface area contributed by atoms with Crippen molar-refractivity contribution in [1.29, 1.82) is 0 Å². The van der Waals surface area contributed by atoms with Crippen molar-refractivity contribution in [3.05, 3.63) is 35.9 Å². The summed E-state index contributed by atoms with van der Waals surface area (Å²) in [6.07, 6.45) is 5.50. The number of hydrogen-bond donors (Lipinski definition) is 2. The highest BCUT2D eigenvalue weighted by molar-refractivity contribution is 5.79. The van der Waals surface area contributed by atoms with Gasteiger partial charge in [-0.1, -0.05) is 12.2 Å². The second kappa shape index (κ2) is 11.5. The Labute approximate surface area is 196 Å². The fraction of sp³-hybridized carbons (Fsp3) is 0.600. The van der Waals surface area contributed by atoms with Gasteiger partial charge in [0.15, 0.2) is 0 Å². The molecule has 0 unspecified atom stereocenters. The number of nitrogens with one attached hydrogen (secondary N) is 2. The summed E-state index contributed by atoms with van der Waals surface area (Å²) >= 11 is 0. The van der Waals surface area contributed by atoms with Crippen molar-refractivity contribution in [3.8, 4) is 5.75 Å². The van der Waals surface area contributed by atoms with Gasteiger partial charge < -0.3 is 29.9 Å². The Hall–Kier alpha value is -2.58. The summed E-state index contributed by atoms with van der Waals surface area (Å²) in [5.74, 6) is 1.41. The first-order valence-electron chi connectivity index (χ1n) is 12.1. The Morgan fingerprint density at radius 1 is 1.18 bits per heavy atom. The van der Waals surface area contributed by atoms with E-state index in [-0.39, 0.29) is 23.7 Å². The summed E-state index contributed by atoms with van der Waals surface area (Å²) in [5.41, 5.74) is 2.20. The standard InChI is InChI=1S/C25H36N4O4/c1-2-27-24(30)15-19-7-8-29-18-20(19)4-3-11-33-23-6-5-22(28-9-12-32-13-10-28)14-21(23)16-26-17-25(29)31/h3-6,14,19-20,26H,2,7-13,15-18H2,1H3,(H,27,30)/t19-,20-/m0/s1. The van der Waals surface area contributed by atoms with Crippen LogP contribution < -0.4 is 20.3 Å². The number of morpholine rings is 1. The highest BCUT2D eigenvalue weighted by Crippen LogP contribution is 2.29. The lowest BCUT2D eigenvalue weighted by Gasteiger charge is -2.37. The van der Waals surface area contributed by atoms with Gasteiger partial charge in [-0.15, -0.1) is 0 Å². The van der Waals surface area contributed by atoms with Gasteiger partial charge in [-0.25, -0.2) is 0 Å². The number of anilines is 1. The van der Waals surface area contributed by atoms with Crippen molar-refractivity contribution >= 4 is 17.5 Å². The Morgan fingerprint density at radius 2 is 2.03 bits per heavy atom. The third-order valence-electron chi connectivity index (χ3n) is 6.71. The number of ether oxygens (including phenoxy) is 2. The molecule has 2 bridgehead atoms. The summed E-state index contributed by atoms with van der Waals surface area (Å²) < 4.78 is 11.6. The van der Waals surface area contributed by atoms with Crippen molar-refractivity contribution in [3.63, 3.8) is 0 Å². The number of fused-ring (bicyclic) bond motifs is 3. The maximum Gasteiger partial charge on any atom is 0.236 e. The van der Waals surface area contributed by atoms with E-state index in [1.54, 1.807) is 0 Å². The molecule has 33 heavy (non-hydrogen) atoms. The quantitative estimate of drug-likeness (QED) is 0.669. The smallest absolute Gasteiger partial charge is 0.236 e. The molecule has 3 heterocycles. The van der Waals surface area contributed by atoms with E-state index in [1.807, 2.05) is 24.0 Å². The second-order valence-corrected chi connectivity index (χ2v) is 8.94. The summed E-state index contributed by atoms with van der Waals surface area (Å²) in [6.45, 7) is 8.48. The molecular weight excluding hydrogens is 420 g/mol. The Kier molecular flexibility index (Phi) is 8.23. The topological polar surface area (TPSA) is 83.1 Å². The summed E-state index contributed by atoms with van der Waals surface area (Å²) in [7, 11) is 0. The molecule has 0 radical (unpaired) electrons. The zero-order chi connectivity index (χ0) is 23.0. The number of amides is 2. The lowest BCUT2D eigenvalue weighted by atomic mass is 9.82. The molecule has 0 spiro atoms. The predicted octanol–water partition coefficient (Wildman–Crippen LogP) is 1.55. The van der Waals surface area contributed by atoms with E-state index in [0.717, 1.165) is 49.7 Å². The lowest BCUT2D eigenvalue weighted by Crippen LogP contribution is -2.47. The lowest BCUT2D eigenvalue weighted by molar-refractivity contribution is -0.132. The van der Waals surface area contributed by atoms with Gasteiger partial charge in [-0.2, -0.15) is 0 Å². The number of piperidine rings is 1. The number of rotatable bonds is 4. The van der Waals surface area contributed by atoms with Gasteiger partial charge in [0.2, 0.25) is 11.8 Å². The molecule has 2 fully saturated rings. The van der Waals surface area contributed by atoms with Crippen LogP contribution in [-0.4, -0.2) is 75.8 Å². The summed E-state index contributed by atoms with van der Waals surface area (Å²) in [6, 6.07) is 6.28. The Bertz CT molecular complexity index is 853. The van der Waals surface area contributed by atoms with Crippen molar-refractivity contribution in [2.75, 3.05) is 64.0 Å². The van der Waals surface area contributed by atoms with Crippen LogP contribution in [0.25, 0.3) is 0 Å². The number of nitrogens with zero attached hydrogens (tertiary/aromatic N) is 2. The van der Waals surface area contributed by atoms with Gasteiger partial charge >= 0.3 is 0 Å². The maximum absolute atomic E-state index is 12.9. The first-order valence-corrected chi connectivity index (χ1v) is 12.1. The van der Waals surface area contributed by atoms with Crippen LogP contribution >= 0.6 is 0 Å². The monoisotopic (exact) mass is 456 g/mol. The molecule has 2 saturated heterocycles. The first-order chi connectivity index (χ1) is 16.1. The average Bonchev–Trinajstić information content (AvgIpc) is 2.84. The highest BCUT2D eigenvalue weighted by Gasteiger charge is 2.31. The normalized spacial score (nSPS) is 24.1. The molecule has 8 nitrogen and oxygen atoms in total. The van der Waals surface area contributed by atoms with Crippen molar-refractivity contribution in [2.45, 2.75) is 26.3 Å². The van der Waals surface area contributed by atoms with Crippen LogP contribution in [0, 0.1) is 11.8 Å². The predicted molar refractivity (Wildman–Crippen MR) is 127 cm³/mol. The van der Waals surface area contributed by atoms with Gasteiger partial charge in [0.05, 0.1) is 19.8 Å². The van der Waals surface area contributed by atoms with Crippen LogP contribution in [0.1, 0.15) is 25.3 Å². The third-order valence-corrected chi connectivity index (χ3v) is 6.71. The van der Waals surface area contributed by atoms with Gasteiger partial charge in [-0.3, -0.25) is 9.59 Å². The summed E-state index contributed by atoms with van der Waals surface area (Å²) in [5, 5.41) is 6.23. The molecule has 8 heteroatoms. The van der Waals surface area contributed by atoms with E-state index < -0.39 is 0 Å². The second-order valence-electron chi connectivity index (χ2n) is 8.94. The number of hydrogen-bond acceptors (Lipinski definition) is 6. The highest BCUT2D eigenvalue weighted by atomic mass is 16.5. The minimum absolute atomic E-state index is 0.0847. The SMILES string of the molecule is CCNC(=O)C[C@@H]1CCN2C[C@@H]1C=CCOc1ccc(N3CCOCC3)cc1CNCC2=O. The molecule has 2 atom stereocenters. The molecule has 1 aromatic rings. The van der Waals surface area contributed by atoms with Crippen molar-refractivity contribution in [1.82, 2.24) is 15.5 Å². The van der Waals surface area contributed by atoms with Crippen LogP contribution in [0.5, 0.6) is 5.75 Å². The number of carbonyl (C=O) groups is 2. The molecule has 0 aromatic heterocycles. The fourth-order valence-electron chi connectivity index (χ4n) is 4.88. The Morgan fingerprint density at radius 3 is 2.85 bits per heavy atom. The first kappa shape index (κ1) is 23.6. The summed E-state index contributed by atoms with van der Waals surface area (Å²) in [4.78, 5) is 29.3. The minimum Gasteiger partial charge on any atom is -0.489 e. The van der Waals surface area contributed by atoms with Gasteiger partial charge in [0.25, 0.3) is 0 Å². The van der Waals surface area contributed by atoms with E-state index >= 15 is 0 Å². The zero-order valence-electron chi connectivity index (χ0n) is 19.6. The molecule has 2 amide bonds. The van der Waals surface area contributed by atoms with E-state index in [0.29, 0.717) is 45.8 Å². The van der Waals surface area contributed by atoms with Crippen LogP contribution in [0.3, 0.4) is 0 Å². The average molecular weight is 457 g/mol. The van der Waals surface area contributed by atoms with Crippen LogP contribution in [-0.2, 0) is 20.9 Å². The molecule has 3 aliphatic heterocycles. The van der Waals surface area contributed by atoms with Gasteiger partial charge in [0, 0.05) is 56.9 Å². The van der Waals surface area contributed by atoms with Crippen LogP contribution in [0.4, 0.5) is 5.69 Å². The molecule has 1 aromatic carbocycles. The van der Waals surface area contributed by atoms with Crippen LogP contribution in [0.15, 0.2) is 30.4 Å². The largest absolute Gasteiger partial charge is 0.489 e. The molecule has 180 valence electrons. The van der Waals surface area contributed by atoms with Gasteiger partial charge in [0.1, 0.15) is 12.4 Å². The molecule has 4 rings (SSSR count). The molecule has 0 saturated carbocycles. The number of benzene rings is 1. The van der Waals surface area contributed by atoms with Gasteiger partial charge in [-0.05, 0) is 43.4 Å². The third kappa shape index (κ3) is 6.26. The zero-order valence-corrected chi connectivity index (χ0v) is 19.6. The number of carbonyl (C=O) groups excluding carboxylic acids is 2.